The van der Waals surface area contributed by atoms with Crippen LogP contribution in [-0.2, 0) is 9.47 Å². The van der Waals surface area contributed by atoms with Gasteiger partial charge in [-0.1, -0.05) is 102 Å². The van der Waals surface area contributed by atoms with Crippen molar-refractivity contribution in [3.05, 3.63) is 36.5 Å². The van der Waals surface area contributed by atoms with Crippen LogP contribution < -0.4 is 5.73 Å². The zero-order chi connectivity index (χ0) is 23.4. The Morgan fingerprint density at radius 3 is 1.50 bits per heavy atom. The number of rotatable bonds is 25. The Morgan fingerprint density at radius 2 is 0.938 bits per heavy atom. The number of ether oxygens (including phenoxy) is 2. The van der Waals surface area contributed by atoms with Gasteiger partial charge >= 0.3 is 0 Å². The van der Waals surface area contributed by atoms with Gasteiger partial charge in [-0.15, -0.1) is 0 Å². The SMILES string of the molecule is CCCCC/C=C\C/C=C\C/C=C\CCCCCOCC(N)COCCCCCCCC. The molecule has 2 N–H and O–H groups in total. The lowest BCUT2D eigenvalue weighted by atomic mass is 10.1. The Balaban J connectivity index is 3.29. The maximum absolute atomic E-state index is 6.06. The van der Waals surface area contributed by atoms with E-state index in [-0.39, 0.29) is 6.04 Å². The molecule has 0 heterocycles. The molecule has 0 saturated heterocycles. The molecule has 0 saturated carbocycles. The number of allylic oxidation sites excluding steroid dienone is 6. The summed E-state index contributed by atoms with van der Waals surface area (Å²) in [6, 6.07) is 0.00243. The van der Waals surface area contributed by atoms with Crippen LogP contribution in [0.1, 0.15) is 117 Å². The van der Waals surface area contributed by atoms with Gasteiger partial charge in [-0.25, -0.2) is 0 Å². The second kappa shape index (κ2) is 28.1. The summed E-state index contributed by atoms with van der Waals surface area (Å²) < 4.78 is 11.4. The van der Waals surface area contributed by atoms with Crippen molar-refractivity contribution >= 4 is 0 Å². The fourth-order valence-electron chi connectivity index (χ4n) is 3.43. The Morgan fingerprint density at radius 1 is 0.531 bits per heavy atom. The fourth-order valence-corrected chi connectivity index (χ4v) is 3.43. The van der Waals surface area contributed by atoms with Crippen LogP contribution >= 0.6 is 0 Å². The average Bonchev–Trinajstić information content (AvgIpc) is 2.80. The number of hydrogen-bond acceptors (Lipinski definition) is 3. The largest absolute Gasteiger partial charge is 0.380 e. The van der Waals surface area contributed by atoms with E-state index in [1.165, 1.54) is 70.6 Å². The normalized spacial score (nSPS) is 13.2. The van der Waals surface area contributed by atoms with Gasteiger partial charge in [0.2, 0.25) is 0 Å². The molecule has 0 aromatic heterocycles. The molecule has 188 valence electrons. The van der Waals surface area contributed by atoms with Gasteiger partial charge in [-0.2, -0.15) is 0 Å². The Kier molecular flexibility index (Phi) is 27.3. The molecule has 0 aliphatic rings. The highest BCUT2D eigenvalue weighted by molar-refractivity contribution is 4.97. The molecule has 0 aromatic rings. The van der Waals surface area contributed by atoms with Crippen molar-refractivity contribution in [2.75, 3.05) is 26.4 Å². The molecule has 3 heteroatoms. The van der Waals surface area contributed by atoms with Gasteiger partial charge < -0.3 is 15.2 Å². The van der Waals surface area contributed by atoms with Crippen molar-refractivity contribution in [1.29, 1.82) is 0 Å². The topological polar surface area (TPSA) is 44.5 Å². The molecule has 0 spiro atoms. The molecule has 0 bridgehead atoms. The van der Waals surface area contributed by atoms with E-state index in [1.807, 2.05) is 0 Å². The highest BCUT2D eigenvalue weighted by Crippen LogP contribution is 2.05. The van der Waals surface area contributed by atoms with Crippen molar-refractivity contribution in [2.45, 2.75) is 123 Å². The van der Waals surface area contributed by atoms with Crippen LogP contribution in [0.25, 0.3) is 0 Å². The fraction of sp³-hybridized carbons (Fsp3) is 0.793. The van der Waals surface area contributed by atoms with E-state index in [0.29, 0.717) is 13.2 Å². The van der Waals surface area contributed by atoms with E-state index in [0.717, 1.165) is 45.3 Å². The molecule has 0 aliphatic carbocycles. The first-order valence-corrected chi connectivity index (χ1v) is 13.7. The summed E-state index contributed by atoms with van der Waals surface area (Å²) in [7, 11) is 0. The van der Waals surface area contributed by atoms with E-state index < -0.39 is 0 Å². The molecule has 32 heavy (non-hydrogen) atoms. The number of unbranched alkanes of at least 4 members (excludes halogenated alkanes) is 11. The minimum atomic E-state index is 0.00243. The van der Waals surface area contributed by atoms with E-state index in [9.17, 15) is 0 Å². The van der Waals surface area contributed by atoms with Gasteiger partial charge in [0.1, 0.15) is 0 Å². The molecule has 0 amide bonds. The quantitative estimate of drug-likeness (QED) is 0.113. The van der Waals surface area contributed by atoms with Crippen LogP contribution in [0.5, 0.6) is 0 Å². The third kappa shape index (κ3) is 27.1. The van der Waals surface area contributed by atoms with Crippen LogP contribution in [0.2, 0.25) is 0 Å². The van der Waals surface area contributed by atoms with Crippen molar-refractivity contribution < 1.29 is 9.47 Å². The lowest BCUT2D eigenvalue weighted by molar-refractivity contribution is 0.0645. The first kappa shape index (κ1) is 31.1. The van der Waals surface area contributed by atoms with Crippen molar-refractivity contribution in [3.63, 3.8) is 0 Å². The standard InChI is InChI=1S/C29H55NO2/c1-3-5-7-9-11-12-13-14-15-16-17-18-19-20-22-24-26-32-28-29(30)27-31-25-23-21-10-8-6-4-2/h11-12,14-15,17-18,29H,3-10,13,16,19-28,30H2,1-2H3/b12-11-,15-14-,18-17-. The monoisotopic (exact) mass is 449 g/mol. The van der Waals surface area contributed by atoms with Gasteiger partial charge in [0, 0.05) is 13.2 Å². The van der Waals surface area contributed by atoms with E-state index in [4.69, 9.17) is 15.2 Å². The van der Waals surface area contributed by atoms with Crippen LogP contribution in [0.15, 0.2) is 36.5 Å². The van der Waals surface area contributed by atoms with Crippen molar-refractivity contribution in [1.82, 2.24) is 0 Å². The maximum atomic E-state index is 6.06. The average molecular weight is 450 g/mol. The Labute approximate surface area is 200 Å². The molecule has 0 radical (unpaired) electrons. The van der Waals surface area contributed by atoms with E-state index in [1.54, 1.807) is 0 Å². The zero-order valence-corrected chi connectivity index (χ0v) is 21.6. The Bertz CT molecular complexity index is 431. The molecular weight excluding hydrogens is 394 g/mol. The second-order valence-corrected chi connectivity index (χ2v) is 8.91. The van der Waals surface area contributed by atoms with Crippen molar-refractivity contribution in [3.8, 4) is 0 Å². The molecule has 1 unspecified atom stereocenters. The summed E-state index contributed by atoms with van der Waals surface area (Å²) in [6.45, 7) is 7.37. The van der Waals surface area contributed by atoms with Crippen molar-refractivity contribution in [2.24, 2.45) is 5.73 Å². The summed E-state index contributed by atoms with van der Waals surface area (Å²) in [5.41, 5.74) is 6.06. The first-order valence-electron chi connectivity index (χ1n) is 13.7. The third-order valence-electron chi connectivity index (χ3n) is 5.48. The summed E-state index contributed by atoms with van der Waals surface area (Å²) in [5.74, 6) is 0. The van der Waals surface area contributed by atoms with Gasteiger partial charge in [-0.3, -0.25) is 0 Å². The smallest absolute Gasteiger partial charge is 0.0640 e. The van der Waals surface area contributed by atoms with E-state index in [2.05, 4.69) is 50.3 Å². The Hall–Kier alpha value is -0.900. The highest BCUT2D eigenvalue weighted by Gasteiger charge is 2.02. The summed E-state index contributed by atoms with van der Waals surface area (Å²) in [5, 5.41) is 0. The van der Waals surface area contributed by atoms with Crippen LogP contribution in [0.4, 0.5) is 0 Å². The zero-order valence-electron chi connectivity index (χ0n) is 21.6. The maximum Gasteiger partial charge on any atom is 0.0640 e. The third-order valence-corrected chi connectivity index (χ3v) is 5.48. The van der Waals surface area contributed by atoms with Crippen LogP contribution in [0.3, 0.4) is 0 Å². The summed E-state index contributed by atoms with van der Waals surface area (Å²) >= 11 is 0. The number of hydrogen-bond donors (Lipinski definition) is 1. The summed E-state index contributed by atoms with van der Waals surface area (Å²) in [6.07, 6.45) is 33.5. The van der Waals surface area contributed by atoms with Gasteiger partial charge in [0.05, 0.1) is 19.3 Å². The predicted molar refractivity (Wildman–Crippen MR) is 142 cm³/mol. The predicted octanol–water partition coefficient (Wildman–Crippen LogP) is 8.30. The molecule has 0 aliphatic heterocycles. The van der Waals surface area contributed by atoms with E-state index >= 15 is 0 Å². The molecular formula is C29H55NO2. The first-order chi connectivity index (χ1) is 15.8. The van der Waals surface area contributed by atoms with Crippen LogP contribution in [-0.4, -0.2) is 32.5 Å². The lowest BCUT2D eigenvalue weighted by Gasteiger charge is -2.12. The molecule has 0 fully saturated rings. The molecule has 0 aromatic carbocycles. The lowest BCUT2D eigenvalue weighted by Crippen LogP contribution is -2.31. The van der Waals surface area contributed by atoms with Crippen LogP contribution in [0, 0.1) is 0 Å². The van der Waals surface area contributed by atoms with Gasteiger partial charge in [0.15, 0.2) is 0 Å². The highest BCUT2D eigenvalue weighted by atomic mass is 16.5. The molecule has 1 atom stereocenters. The molecule has 0 rings (SSSR count). The molecule has 3 nitrogen and oxygen atoms in total. The number of nitrogens with two attached hydrogens (primary N) is 1. The van der Waals surface area contributed by atoms with Gasteiger partial charge in [0.25, 0.3) is 0 Å². The second-order valence-electron chi connectivity index (χ2n) is 8.91. The minimum absolute atomic E-state index is 0.00243. The summed E-state index contributed by atoms with van der Waals surface area (Å²) in [4.78, 5) is 0. The minimum Gasteiger partial charge on any atom is -0.380 e. The van der Waals surface area contributed by atoms with Gasteiger partial charge in [-0.05, 0) is 51.4 Å².